The number of thioether (sulfide) groups is 1. The molecule has 0 bridgehead atoms. The van der Waals surface area contributed by atoms with Crippen LogP contribution in [0, 0.1) is 0 Å². The topological polar surface area (TPSA) is 308 Å². The van der Waals surface area contributed by atoms with Gasteiger partial charge in [0.05, 0.1) is 67.8 Å². The number of ether oxygens (including phenoxy) is 6. The highest BCUT2D eigenvalue weighted by molar-refractivity contribution is 7.98. The second-order valence-electron chi connectivity index (χ2n) is 24.9. The first kappa shape index (κ1) is 77.8. The van der Waals surface area contributed by atoms with Crippen LogP contribution >= 0.6 is 69.8 Å². The Bertz CT molecular complexity index is 5780. The number of benzene rings is 5. The number of pyridine rings is 3. The van der Waals surface area contributed by atoms with Gasteiger partial charge < -0.3 is 59.1 Å². The summed E-state index contributed by atoms with van der Waals surface area (Å²) in [7, 11) is 5.60. The van der Waals surface area contributed by atoms with E-state index in [9.17, 15) is 8.42 Å². The van der Waals surface area contributed by atoms with Gasteiger partial charge in [0.1, 0.15) is 53.5 Å². The summed E-state index contributed by atoms with van der Waals surface area (Å²) in [5.74, 6) is 3.20. The molecule has 3 N–H and O–H groups in total. The molecule has 0 saturated carbocycles. The van der Waals surface area contributed by atoms with Crippen molar-refractivity contribution in [2.24, 2.45) is 0 Å². The number of hydrogen-bond donors (Lipinski definition) is 2. The molecule has 2 aliphatic heterocycles. The predicted molar refractivity (Wildman–Crippen MR) is 433 cm³/mol. The second-order valence-corrected chi connectivity index (χ2v) is 29.5. The fourth-order valence-electron chi connectivity index (χ4n) is 12.8. The van der Waals surface area contributed by atoms with Crippen molar-refractivity contribution < 1.29 is 36.8 Å². The molecule has 110 heavy (non-hydrogen) atoms. The number of halogens is 5. The molecule has 14 aromatic rings. The van der Waals surface area contributed by atoms with E-state index in [0.29, 0.717) is 117 Å². The molecule has 0 atom stereocenters. The number of piperazine rings is 2. The van der Waals surface area contributed by atoms with E-state index in [4.69, 9.17) is 97.1 Å². The summed E-state index contributed by atoms with van der Waals surface area (Å²) in [5.41, 5.74) is 16.8. The molecule has 36 heteroatoms. The summed E-state index contributed by atoms with van der Waals surface area (Å²) in [6, 6.07) is 28.9. The average Bonchev–Trinajstić information content (AvgIpc) is 1.38. The third-order valence-electron chi connectivity index (χ3n) is 18.6. The Hall–Kier alpha value is -10.4. The minimum Gasteiger partial charge on any atom is -0.497 e. The molecule has 11 heterocycles. The molecular formula is C74H74Cl5N21O8S2. The van der Waals surface area contributed by atoms with Gasteiger partial charge in [-0.05, 0) is 92.1 Å². The molecule has 2 saturated heterocycles. The van der Waals surface area contributed by atoms with Gasteiger partial charge in [0.15, 0.2) is 39.0 Å². The Labute approximate surface area is 661 Å². The number of anilines is 5. The maximum Gasteiger partial charge on any atom is 0.248 e. The third kappa shape index (κ3) is 16.0. The van der Waals surface area contributed by atoms with Crippen LogP contribution in [0.15, 0.2) is 139 Å². The van der Waals surface area contributed by atoms with Crippen LogP contribution < -0.4 is 49.3 Å². The zero-order valence-corrected chi connectivity index (χ0v) is 66.7. The highest BCUT2D eigenvalue weighted by atomic mass is 35.5. The molecule has 570 valence electrons. The number of nitrogen functional groups attached to an aromatic ring is 1. The minimum absolute atomic E-state index is 0.260. The predicted octanol–water partition coefficient (Wildman–Crippen LogP) is 13.8. The van der Waals surface area contributed by atoms with Crippen molar-refractivity contribution in [3.05, 3.63) is 154 Å². The van der Waals surface area contributed by atoms with E-state index in [1.165, 1.54) is 77.2 Å². The fraction of sp³-hybridized carbons (Fsp3) is 0.270. The first-order chi connectivity index (χ1) is 53.2. The van der Waals surface area contributed by atoms with Crippen molar-refractivity contribution in [3.63, 3.8) is 0 Å². The smallest absolute Gasteiger partial charge is 0.248 e. The summed E-state index contributed by atoms with van der Waals surface area (Å²) in [6.07, 6.45) is 12.5. The number of methoxy groups -OCH3 is 6. The lowest BCUT2D eigenvalue weighted by atomic mass is 10.0. The molecule has 29 nitrogen and oxygen atoms in total. The molecule has 0 radical (unpaired) electrons. The van der Waals surface area contributed by atoms with Crippen LogP contribution in [-0.4, -0.2) is 213 Å². The van der Waals surface area contributed by atoms with Gasteiger partial charge in [-0.15, -0.1) is 30.6 Å². The first-order valence-electron chi connectivity index (χ1n) is 34.2. The van der Waals surface area contributed by atoms with Crippen LogP contribution in [0.4, 0.5) is 28.7 Å². The number of hydrogen-bond acceptors (Lipinski definition) is 27. The number of nitrogens with two attached hydrogens (primary N) is 1. The zero-order chi connectivity index (χ0) is 77.7. The quantitative estimate of drug-likeness (QED) is 0.0486. The molecule has 16 rings (SSSR count). The van der Waals surface area contributed by atoms with E-state index >= 15 is 0 Å². The van der Waals surface area contributed by atoms with Crippen molar-refractivity contribution >= 4 is 158 Å². The zero-order valence-electron chi connectivity index (χ0n) is 61.2. The molecule has 0 unspecified atom stereocenters. The molecule has 2 fully saturated rings. The van der Waals surface area contributed by atoms with Gasteiger partial charge in [0.2, 0.25) is 20.9 Å². The maximum atomic E-state index is 11.8. The van der Waals surface area contributed by atoms with Crippen LogP contribution in [0.25, 0.3) is 83.4 Å². The van der Waals surface area contributed by atoms with E-state index in [1.807, 2.05) is 53.1 Å². The van der Waals surface area contributed by atoms with Gasteiger partial charge >= 0.3 is 0 Å². The summed E-state index contributed by atoms with van der Waals surface area (Å²) in [6.45, 7) is 15.5. The Morgan fingerprint density at radius 3 is 1.31 bits per heavy atom. The fourth-order valence-corrected chi connectivity index (χ4v) is 15.3. The number of nitrogens with one attached hydrogen (secondary N) is 1. The number of rotatable bonds is 17. The van der Waals surface area contributed by atoms with Crippen LogP contribution in [-0.2, 0) is 9.84 Å². The molecule has 0 spiro atoms. The molecule has 2 aliphatic rings. The molecule has 0 aliphatic carbocycles. The lowest BCUT2D eigenvalue weighted by molar-refractivity contribution is 0.271. The lowest BCUT2D eigenvalue weighted by Crippen LogP contribution is -2.46. The third-order valence-corrected chi connectivity index (χ3v) is 22.0. The van der Waals surface area contributed by atoms with Crippen molar-refractivity contribution in [2.75, 3.05) is 141 Å². The number of aromatic nitrogens is 15. The van der Waals surface area contributed by atoms with Crippen LogP contribution in [0.3, 0.4) is 0 Å². The minimum atomic E-state index is -3.59. The van der Waals surface area contributed by atoms with Crippen LogP contribution in [0.2, 0.25) is 25.1 Å². The highest BCUT2D eigenvalue weighted by Crippen LogP contribution is 2.50. The molecule has 0 amide bonds. The maximum absolute atomic E-state index is 11.8. The van der Waals surface area contributed by atoms with Crippen molar-refractivity contribution in [1.82, 2.24) is 83.5 Å². The standard InChI is InChI=1S/C28H28Cl2N8O2.C17H13Cl2N5O4S.C17H14ClN5O2S.C12H19N3/c1-4-36-9-11-37(12-10-36)19-7-5-18(6-8-19)33-28-31-15-17-13-20(27-35-32-16-38(27)26(17)34-28)23-24(29)21(39-2)14-22(40-3)25(23)30;1-27-10-5-11(28-2)14(19)12(13(10)18)9-4-8-6-20-17(29(3,25)26)22-15(8)24-7-21-23-16(9)24;1-24-10-5-11(14(18)13(6-10)25-2)12-4-9-7-19-17(26-3)21-15(9)23-8-20-22-16(12)23;1-2-14-7-9-15(10-8-14)12-5-3-11(13)4-6-12/h5-8,13-16H,4,9-12H2,1-3H3,(H,31,33,34);4-7H,1-3H3;4-8H,1-3H3;3-6H,2,7-10,13H2,1H3. The monoisotopic (exact) mass is 1620 g/mol. The van der Waals surface area contributed by atoms with Crippen molar-refractivity contribution in [1.29, 1.82) is 0 Å². The van der Waals surface area contributed by atoms with Gasteiger partial charge in [-0.3, -0.25) is 13.2 Å². The van der Waals surface area contributed by atoms with Crippen LogP contribution in [0.5, 0.6) is 34.5 Å². The number of likely N-dealkylation sites (N-methyl/N-ethyl adjacent to an activating group) is 2. The molecule has 5 aromatic carbocycles. The first-order valence-corrected chi connectivity index (χ1v) is 39.2. The van der Waals surface area contributed by atoms with Crippen molar-refractivity contribution in [3.8, 4) is 67.9 Å². The van der Waals surface area contributed by atoms with E-state index < -0.39 is 9.84 Å². The largest absolute Gasteiger partial charge is 0.497 e. The Morgan fingerprint density at radius 1 is 0.464 bits per heavy atom. The summed E-state index contributed by atoms with van der Waals surface area (Å²) in [5, 5.41) is 32.4. The number of sulfone groups is 1. The van der Waals surface area contributed by atoms with Gasteiger partial charge in [-0.1, -0.05) is 83.6 Å². The summed E-state index contributed by atoms with van der Waals surface area (Å²) in [4.78, 5) is 36.2. The Kier molecular flexibility index (Phi) is 24.0. The highest BCUT2D eigenvalue weighted by Gasteiger charge is 2.27. The summed E-state index contributed by atoms with van der Waals surface area (Å²) >= 11 is 34.6. The van der Waals surface area contributed by atoms with Gasteiger partial charge in [0, 0.05) is 168 Å². The van der Waals surface area contributed by atoms with Gasteiger partial charge in [0.25, 0.3) is 0 Å². The van der Waals surface area contributed by atoms with E-state index in [0.717, 1.165) is 97.5 Å². The van der Waals surface area contributed by atoms with E-state index in [2.05, 4.69) is 119 Å². The number of fused-ring (bicyclic) bond motifs is 9. The van der Waals surface area contributed by atoms with E-state index in [1.54, 1.807) is 72.3 Å². The molecule has 9 aromatic heterocycles. The Balaban J connectivity index is 0.000000135. The van der Waals surface area contributed by atoms with E-state index in [-0.39, 0.29) is 15.2 Å². The normalized spacial score (nSPS) is 13.4. The van der Waals surface area contributed by atoms with Gasteiger partial charge in [-0.25, -0.2) is 28.4 Å². The molecular weight excluding hydrogens is 1550 g/mol. The Morgan fingerprint density at radius 2 is 0.873 bits per heavy atom. The van der Waals surface area contributed by atoms with Gasteiger partial charge in [-0.2, -0.15) is 9.97 Å². The van der Waals surface area contributed by atoms with Crippen LogP contribution in [0.1, 0.15) is 13.8 Å². The summed E-state index contributed by atoms with van der Waals surface area (Å²) < 4.78 is 61.2. The SMILES string of the molecule is CCN1CCN(c2ccc(N)cc2)CC1.CCN1CCN(c2ccc(Nc3ncc4cc(-c5c(Cl)c(OC)cc(OC)c5Cl)c5nncn5c4n3)cc2)CC1.COc1cc(OC)c(Cl)c(-c2cc3cnc(S(C)(=O)=O)nc3n3cnnc23)c1Cl.COc1cc(OC)c(Cl)c(-c2cc3cnc(SC)nc3n3cnnc23)c1. The van der Waals surface area contributed by atoms with Crippen molar-refractivity contribution in [2.45, 2.75) is 24.2 Å². The average molecular weight is 1630 g/mol. The lowest BCUT2D eigenvalue weighted by Gasteiger charge is -2.35. The second kappa shape index (κ2) is 33.9. The number of nitrogens with zero attached hydrogens (tertiary/aromatic N) is 19.